The normalized spacial score (nSPS) is 13.3. The van der Waals surface area contributed by atoms with Gasteiger partial charge >= 0.3 is 0 Å². The average Bonchev–Trinajstić information content (AvgIpc) is 3.15. The molecule has 5 nitrogen and oxygen atoms in total. The lowest BCUT2D eigenvalue weighted by Crippen LogP contribution is -2.03. The number of rotatable bonds is 5. The Bertz CT molecular complexity index is 856. The molecule has 0 fully saturated rings. The zero-order valence-electron chi connectivity index (χ0n) is 14.2. The number of hydrogen-bond donors (Lipinski definition) is 0. The molecule has 0 N–H and O–H groups in total. The van der Waals surface area contributed by atoms with E-state index < -0.39 is 0 Å². The first-order valence-electron chi connectivity index (χ1n) is 8.53. The van der Waals surface area contributed by atoms with Crippen molar-refractivity contribution >= 4 is 0 Å². The molecule has 25 heavy (non-hydrogen) atoms. The van der Waals surface area contributed by atoms with Crippen molar-refractivity contribution in [2.45, 2.75) is 32.3 Å². The first kappa shape index (κ1) is 15.7. The standard InChI is InChI=1S/C20H20N2O3/c1-23-17-9-7-15(8-10-17)20-22-21-19(25-20)13-24-18-11-6-14-4-2-3-5-16(14)12-18/h6-12H,2-5,13H2,1H3. The zero-order chi connectivity index (χ0) is 17.1. The summed E-state index contributed by atoms with van der Waals surface area (Å²) in [5.74, 6) is 2.58. The van der Waals surface area contributed by atoms with Crippen LogP contribution in [0.15, 0.2) is 46.9 Å². The van der Waals surface area contributed by atoms with Gasteiger partial charge in [-0.3, -0.25) is 0 Å². The molecule has 2 aromatic carbocycles. The highest BCUT2D eigenvalue weighted by molar-refractivity contribution is 5.53. The summed E-state index contributed by atoms with van der Waals surface area (Å²) in [6, 6.07) is 13.8. The van der Waals surface area contributed by atoms with Crippen LogP contribution in [0, 0.1) is 0 Å². The third-order valence-corrected chi connectivity index (χ3v) is 4.49. The fourth-order valence-corrected chi connectivity index (χ4v) is 3.11. The van der Waals surface area contributed by atoms with Crippen LogP contribution in [0.4, 0.5) is 0 Å². The minimum atomic E-state index is 0.266. The van der Waals surface area contributed by atoms with E-state index in [2.05, 4.69) is 22.3 Å². The molecule has 128 valence electrons. The minimum Gasteiger partial charge on any atom is -0.497 e. The molecule has 0 aliphatic heterocycles. The molecule has 4 rings (SSSR count). The van der Waals surface area contributed by atoms with E-state index in [0.29, 0.717) is 11.8 Å². The third-order valence-electron chi connectivity index (χ3n) is 4.49. The number of fused-ring (bicyclic) bond motifs is 1. The third kappa shape index (κ3) is 3.50. The SMILES string of the molecule is COc1ccc(-c2nnc(COc3ccc4c(c3)CCCC4)o2)cc1. The van der Waals surface area contributed by atoms with Crippen molar-refractivity contribution < 1.29 is 13.9 Å². The molecule has 0 radical (unpaired) electrons. The molecule has 1 heterocycles. The van der Waals surface area contributed by atoms with Gasteiger partial charge in [0.25, 0.3) is 5.89 Å². The molecule has 1 aliphatic carbocycles. The van der Waals surface area contributed by atoms with Crippen molar-refractivity contribution in [2.24, 2.45) is 0 Å². The van der Waals surface area contributed by atoms with Gasteiger partial charge in [0.15, 0.2) is 6.61 Å². The van der Waals surface area contributed by atoms with E-state index in [0.717, 1.165) is 23.5 Å². The quantitative estimate of drug-likeness (QED) is 0.699. The van der Waals surface area contributed by atoms with E-state index in [4.69, 9.17) is 13.9 Å². The second-order valence-corrected chi connectivity index (χ2v) is 6.16. The van der Waals surface area contributed by atoms with Gasteiger partial charge in [0.1, 0.15) is 11.5 Å². The van der Waals surface area contributed by atoms with Gasteiger partial charge in [-0.1, -0.05) is 6.07 Å². The van der Waals surface area contributed by atoms with Gasteiger partial charge in [-0.15, -0.1) is 10.2 Å². The van der Waals surface area contributed by atoms with E-state index in [1.165, 1.54) is 30.4 Å². The number of methoxy groups -OCH3 is 1. The van der Waals surface area contributed by atoms with Crippen molar-refractivity contribution in [3.63, 3.8) is 0 Å². The van der Waals surface area contributed by atoms with E-state index in [9.17, 15) is 0 Å². The van der Waals surface area contributed by atoms with Gasteiger partial charge in [0, 0.05) is 5.56 Å². The topological polar surface area (TPSA) is 57.4 Å². The van der Waals surface area contributed by atoms with Gasteiger partial charge in [-0.05, 0) is 73.2 Å². The molecule has 0 unspecified atom stereocenters. The van der Waals surface area contributed by atoms with Crippen LogP contribution in [-0.2, 0) is 19.4 Å². The van der Waals surface area contributed by atoms with Crippen molar-refractivity contribution in [3.8, 4) is 23.0 Å². The molecule has 5 heteroatoms. The Balaban J connectivity index is 1.42. The summed E-state index contributed by atoms with van der Waals surface area (Å²) < 4.78 is 16.7. The molecule has 0 saturated heterocycles. The predicted molar refractivity (Wildman–Crippen MR) is 93.7 cm³/mol. The molecule has 1 aliphatic rings. The molecule has 0 atom stereocenters. The Morgan fingerprint density at radius 2 is 1.68 bits per heavy atom. The van der Waals surface area contributed by atoms with Crippen LogP contribution in [0.1, 0.15) is 29.9 Å². The van der Waals surface area contributed by atoms with Crippen LogP contribution in [0.3, 0.4) is 0 Å². The lowest BCUT2D eigenvalue weighted by Gasteiger charge is -2.16. The summed E-state index contributed by atoms with van der Waals surface area (Å²) in [5, 5.41) is 8.15. The maximum Gasteiger partial charge on any atom is 0.254 e. The second kappa shape index (κ2) is 6.97. The minimum absolute atomic E-state index is 0.266. The monoisotopic (exact) mass is 336 g/mol. The molecule has 0 saturated carbocycles. The summed E-state index contributed by atoms with van der Waals surface area (Å²) in [7, 11) is 1.64. The summed E-state index contributed by atoms with van der Waals surface area (Å²) in [4.78, 5) is 0. The number of aromatic nitrogens is 2. The van der Waals surface area contributed by atoms with Crippen LogP contribution < -0.4 is 9.47 Å². The van der Waals surface area contributed by atoms with Crippen molar-refractivity contribution in [1.82, 2.24) is 10.2 Å². The van der Waals surface area contributed by atoms with E-state index in [1.807, 2.05) is 30.3 Å². The fraction of sp³-hybridized carbons (Fsp3) is 0.300. The van der Waals surface area contributed by atoms with Crippen LogP contribution in [-0.4, -0.2) is 17.3 Å². The lowest BCUT2D eigenvalue weighted by molar-refractivity contribution is 0.264. The molecule has 0 spiro atoms. The van der Waals surface area contributed by atoms with Crippen LogP contribution in [0.2, 0.25) is 0 Å². The Kier molecular flexibility index (Phi) is 4.37. The first-order valence-corrected chi connectivity index (χ1v) is 8.53. The van der Waals surface area contributed by atoms with E-state index >= 15 is 0 Å². The predicted octanol–water partition coefficient (Wildman–Crippen LogP) is 4.20. The summed E-state index contributed by atoms with van der Waals surface area (Å²) >= 11 is 0. The molecule has 1 aromatic heterocycles. The number of benzene rings is 2. The Hall–Kier alpha value is -2.82. The average molecular weight is 336 g/mol. The Labute approximate surface area is 146 Å². The maximum atomic E-state index is 5.83. The van der Waals surface area contributed by atoms with Crippen LogP contribution >= 0.6 is 0 Å². The van der Waals surface area contributed by atoms with Gasteiger partial charge in [-0.2, -0.15) is 0 Å². The van der Waals surface area contributed by atoms with Crippen molar-refractivity contribution in [3.05, 3.63) is 59.5 Å². The van der Waals surface area contributed by atoms with E-state index in [-0.39, 0.29) is 6.61 Å². The highest BCUT2D eigenvalue weighted by Gasteiger charge is 2.12. The lowest BCUT2D eigenvalue weighted by atomic mass is 9.92. The first-order chi connectivity index (χ1) is 12.3. The largest absolute Gasteiger partial charge is 0.497 e. The molecule has 0 bridgehead atoms. The maximum absolute atomic E-state index is 5.83. The molecule has 3 aromatic rings. The van der Waals surface area contributed by atoms with Crippen molar-refractivity contribution in [1.29, 1.82) is 0 Å². The summed E-state index contributed by atoms with van der Waals surface area (Å²) in [6.45, 7) is 0.266. The molecule has 0 amide bonds. The zero-order valence-corrected chi connectivity index (χ0v) is 14.2. The molecular weight excluding hydrogens is 316 g/mol. The number of ether oxygens (including phenoxy) is 2. The van der Waals surface area contributed by atoms with Crippen LogP contribution in [0.25, 0.3) is 11.5 Å². The van der Waals surface area contributed by atoms with Crippen molar-refractivity contribution in [2.75, 3.05) is 7.11 Å². The summed E-state index contributed by atoms with van der Waals surface area (Å²) in [6.07, 6.45) is 4.84. The fourth-order valence-electron chi connectivity index (χ4n) is 3.11. The Morgan fingerprint density at radius 3 is 2.48 bits per heavy atom. The highest BCUT2D eigenvalue weighted by atomic mass is 16.5. The van der Waals surface area contributed by atoms with Gasteiger partial charge in [-0.25, -0.2) is 0 Å². The smallest absolute Gasteiger partial charge is 0.254 e. The van der Waals surface area contributed by atoms with Crippen LogP contribution in [0.5, 0.6) is 11.5 Å². The van der Waals surface area contributed by atoms with Gasteiger partial charge in [0.05, 0.1) is 7.11 Å². The Morgan fingerprint density at radius 1 is 0.920 bits per heavy atom. The molecular formula is C20H20N2O3. The highest BCUT2D eigenvalue weighted by Crippen LogP contribution is 2.26. The van der Waals surface area contributed by atoms with E-state index in [1.54, 1.807) is 7.11 Å². The number of hydrogen-bond acceptors (Lipinski definition) is 5. The summed E-state index contributed by atoms with van der Waals surface area (Å²) in [5.41, 5.74) is 3.69. The van der Waals surface area contributed by atoms with Gasteiger partial charge in [0.2, 0.25) is 5.89 Å². The number of aryl methyl sites for hydroxylation is 2. The number of nitrogens with zero attached hydrogens (tertiary/aromatic N) is 2. The van der Waals surface area contributed by atoms with Gasteiger partial charge < -0.3 is 13.9 Å². The second-order valence-electron chi connectivity index (χ2n) is 6.16.